The van der Waals surface area contributed by atoms with Crippen LogP contribution in [0.25, 0.3) is 5.69 Å². The third-order valence-corrected chi connectivity index (χ3v) is 4.91. The lowest BCUT2D eigenvalue weighted by Crippen LogP contribution is -2.38. The van der Waals surface area contributed by atoms with Crippen molar-refractivity contribution in [3.05, 3.63) is 66.5 Å². The van der Waals surface area contributed by atoms with Crippen LogP contribution < -0.4 is 0 Å². The van der Waals surface area contributed by atoms with Crippen molar-refractivity contribution in [2.24, 2.45) is 7.05 Å². The van der Waals surface area contributed by atoms with Crippen LogP contribution in [0.2, 0.25) is 0 Å². The molecule has 1 aromatic carbocycles. The van der Waals surface area contributed by atoms with Crippen LogP contribution in [0.5, 0.6) is 0 Å². The van der Waals surface area contributed by atoms with Gasteiger partial charge in [0.2, 0.25) is 0 Å². The van der Waals surface area contributed by atoms with Gasteiger partial charge in [-0.1, -0.05) is 0 Å². The Hall–Kier alpha value is -2.89. The molecule has 0 aliphatic carbocycles. The molecule has 1 saturated heterocycles. The average Bonchev–Trinajstić information content (AvgIpc) is 3.33. The fourth-order valence-corrected chi connectivity index (χ4v) is 3.47. The molecule has 6 nitrogen and oxygen atoms in total. The molecule has 25 heavy (non-hydrogen) atoms. The lowest BCUT2D eigenvalue weighted by molar-refractivity contribution is 0.0710. The number of carbonyl (C=O) groups is 1. The van der Waals surface area contributed by atoms with Gasteiger partial charge in [0.1, 0.15) is 12.2 Å². The molecule has 0 bridgehead atoms. The predicted octanol–water partition coefficient (Wildman–Crippen LogP) is 2.63. The molecule has 1 amide bonds. The number of likely N-dealkylation sites (tertiary alicyclic amines) is 1. The number of amides is 1. The monoisotopic (exact) mass is 335 g/mol. The standard InChI is InChI=1S/C19H21N5O/c1-22-14-20-21-18(22)15-8-12-24(13-9-15)19(25)16-4-6-17(7-5-16)23-10-2-3-11-23/h2-7,10-11,14-15H,8-9,12-13H2,1H3. The van der Waals surface area contributed by atoms with Crippen LogP contribution in [0.4, 0.5) is 0 Å². The largest absolute Gasteiger partial charge is 0.339 e. The molecule has 0 N–H and O–H groups in total. The van der Waals surface area contributed by atoms with Gasteiger partial charge in [0, 0.05) is 49.7 Å². The van der Waals surface area contributed by atoms with Crippen LogP contribution in [0, 0.1) is 0 Å². The molecular weight excluding hydrogens is 314 g/mol. The Kier molecular flexibility index (Phi) is 4.09. The van der Waals surface area contributed by atoms with Gasteiger partial charge in [0.25, 0.3) is 5.91 Å². The van der Waals surface area contributed by atoms with Gasteiger partial charge in [-0.25, -0.2) is 0 Å². The maximum absolute atomic E-state index is 12.7. The highest BCUT2D eigenvalue weighted by Gasteiger charge is 2.26. The van der Waals surface area contributed by atoms with Crippen LogP contribution in [0.15, 0.2) is 55.1 Å². The van der Waals surface area contributed by atoms with Crippen LogP contribution in [0.3, 0.4) is 0 Å². The molecule has 4 rings (SSSR count). The summed E-state index contributed by atoms with van der Waals surface area (Å²) in [7, 11) is 1.97. The second-order valence-corrected chi connectivity index (χ2v) is 6.50. The van der Waals surface area contributed by atoms with Crippen molar-refractivity contribution in [3.8, 4) is 5.69 Å². The number of carbonyl (C=O) groups excluding carboxylic acids is 1. The van der Waals surface area contributed by atoms with Crippen molar-refractivity contribution in [2.75, 3.05) is 13.1 Å². The minimum atomic E-state index is 0.107. The SMILES string of the molecule is Cn1cnnc1C1CCN(C(=O)c2ccc(-n3cccc3)cc2)CC1. The maximum atomic E-state index is 12.7. The first-order valence-corrected chi connectivity index (χ1v) is 8.59. The van der Waals surface area contributed by atoms with Crippen molar-refractivity contribution in [1.82, 2.24) is 24.2 Å². The van der Waals surface area contributed by atoms with Crippen molar-refractivity contribution in [3.63, 3.8) is 0 Å². The van der Waals surface area contributed by atoms with E-state index in [1.165, 1.54) is 0 Å². The molecule has 0 saturated carbocycles. The van der Waals surface area contributed by atoms with E-state index in [4.69, 9.17) is 0 Å². The highest BCUT2D eigenvalue weighted by atomic mass is 16.2. The molecule has 1 fully saturated rings. The molecule has 0 atom stereocenters. The molecule has 6 heteroatoms. The predicted molar refractivity (Wildman–Crippen MR) is 94.7 cm³/mol. The van der Waals surface area contributed by atoms with Crippen molar-refractivity contribution in [2.45, 2.75) is 18.8 Å². The summed E-state index contributed by atoms with van der Waals surface area (Å²) in [4.78, 5) is 14.7. The van der Waals surface area contributed by atoms with Crippen LogP contribution in [-0.2, 0) is 7.05 Å². The zero-order valence-corrected chi connectivity index (χ0v) is 14.2. The molecule has 0 spiro atoms. The zero-order valence-electron chi connectivity index (χ0n) is 14.2. The average molecular weight is 335 g/mol. The third kappa shape index (κ3) is 3.07. The summed E-state index contributed by atoms with van der Waals surface area (Å²) in [5.41, 5.74) is 1.80. The van der Waals surface area contributed by atoms with E-state index in [2.05, 4.69) is 10.2 Å². The summed E-state index contributed by atoms with van der Waals surface area (Å²) in [6, 6.07) is 11.8. The van der Waals surface area contributed by atoms with Gasteiger partial charge in [-0.2, -0.15) is 0 Å². The highest BCUT2D eigenvalue weighted by molar-refractivity contribution is 5.94. The third-order valence-electron chi connectivity index (χ3n) is 4.91. The van der Waals surface area contributed by atoms with Crippen LogP contribution in [0.1, 0.15) is 34.9 Å². The summed E-state index contributed by atoms with van der Waals surface area (Å²) >= 11 is 0. The van der Waals surface area contributed by atoms with E-state index in [1.807, 2.05) is 69.9 Å². The first-order valence-electron chi connectivity index (χ1n) is 8.59. The second-order valence-electron chi connectivity index (χ2n) is 6.50. The number of aromatic nitrogens is 4. The number of nitrogens with zero attached hydrogens (tertiary/aromatic N) is 5. The summed E-state index contributed by atoms with van der Waals surface area (Å²) < 4.78 is 4.00. The van der Waals surface area contributed by atoms with Gasteiger partial charge in [-0.05, 0) is 49.2 Å². The molecule has 2 aromatic heterocycles. The van der Waals surface area contributed by atoms with Gasteiger partial charge in [0.05, 0.1) is 0 Å². The van der Waals surface area contributed by atoms with Gasteiger partial charge < -0.3 is 14.0 Å². The van der Waals surface area contributed by atoms with E-state index in [0.29, 0.717) is 5.92 Å². The molecule has 3 heterocycles. The Morgan fingerprint density at radius 2 is 1.76 bits per heavy atom. The maximum Gasteiger partial charge on any atom is 0.253 e. The molecule has 1 aliphatic heterocycles. The Balaban J connectivity index is 1.41. The summed E-state index contributed by atoms with van der Waals surface area (Å²) in [6.45, 7) is 1.52. The fraction of sp³-hybridized carbons (Fsp3) is 0.316. The number of aryl methyl sites for hydroxylation is 1. The summed E-state index contributed by atoms with van der Waals surface area (Å²) in [6.07, 6.45) is 7.58. The van der Waals surface area contributed by atoms with Gasteiger partial charge in [-0.15, -0.1) is 10.2 Å². The lowest BCUT2D eigenvalue weighted by Gasteiger charge is -2.31. The fourth-order valence-electron chi connectivity index (χ4n) is 3.47. The van der Waals surface area contributed by atoms with Crippen LogP contribution in [-0.4, -0.2) is 43.2 Å². The first-order chi connectivity index (χ1) is 12.2. The van der Waals surface area contributed by atoms with Crippen molar-refractivity contribution in [1.29, 1.82) is 0 Å². The van der Waals surface area contributed by atoms with E-state index in [-0.39, 0.29) is 5.91 Å². The Morgan fingerprint density at radius 3 is 2.36 bits per heavy atom. The number of rotatable bonds is 3. The molecule has 0 radical (unpaired) electrons. The smallest absolute Gasteiger partial charge is 0.253 e. The minimum absolute atomic E-state index is 0.107. The molecular formula is C19H21N5O. The number of hydrogen-bond acceptors (Lipinski definition) is 3. The normalized spacial score (nSPS) is 15.5. The van der Waals surface area contributed by atoms with Crippen molar-refractivity contribution >= 4 is 5.91 Å². The van der Waals surface area contributed by atoms with E-state index in [1.54, 1.807) is 6.33 Å². The Morgan fingerprint density at radius 1 is 1.08 bits per heavy atom. The first kappa shape index (κ1) is 15.6. The van der Waals surface area contributed by atoms with E-state index in [9.17, 15) is 4.79 Å². The van der Waals surface area contributed by atoms with Gasteiger partial charge in [0.15, 0.2) is 0 Å². The second kappa shape index (κ2) is 6.55. The van der Waals surface area contributed by atoms with E-state index in [0.717, 1.165) is 43.0 Å². The summed E-state index contributed by atoms with van der Waals surface area (Å²) in [5, 5.41) is 8.17. The molecule has 3 aromatic rings. The Labute approximate surface area is 146 Å². The van der Waals surface area contributed by atoms with Gasteiger partial charge >= 0.3 is 0 Å². The molecule has 128 valence electrons. The lowest BCUT2D eigenvalue weighted by atomic mass is 9.95. The topological polar surface area (TPSA) is 56.0 Å². The number of benzene rings is 1. The zero-order chi connectivity index (χ0) is 17.2. The molecule has 1 aliphatic rings. The van der Waals surface area contributed by atoms with Crippen molar-refractivity contribution < 1.29 is 4.79 Å². The molecule has 0 unspecified atom stereocenters. The minimum Gasteiger partial charge on any atom is -0.339 e. The number of piperidine rings is 1. The Bertz CT molecular complexity index is 842. The summed E-state index contributed by atoms with van der Waals surface area (Å²) in [5.74, 6) is 1.51. The van der Waals surface area contributed by atoms with Crippen LogP contribution >= 0.6 is 0 Å². The number of hydrogen-bond donors (Lipinski definition) is 0. The quantitative estimate of drug-likeness (QED) is 0.739. The highest BCUT2D eigenvalue weighted by Crippen LogP contribution is 2.27. The van der Waals surface area contributed by atoms with E-state index < -0.39 is 0 Å². The van der Waals surface area contributed by atoms with E-state index >= 15 is 0 Å². The van der Waals surface area contributed by atoms with Gasteiger partial charge in [-0.3, -0.25) is 4.79 Å².